The van der Waals surface area contributed by atoms with Crippen molar-refractivity contribution in [3.8, 4) is 0 Å². The van der Waals surface area contributed by atoms with Gasteiger partial charge in [0.2, 0.25) is 0 Å². The van der Waals surface area contributed by atoms with Crippen molar-refractivity contribution < 1.29 is 213 Å². The first-order valence-electron chi connectivity index (χ1n) is 0. The second kappa shape index (κ2) is 38.0. The van der Waals surface area contributed by atoms with E-state index in [4.69, 9.17) is 0 Å². The fourth-order valence-electron chi connectivity index (χ4n) is 0. The summed E-state index contributed by atoms with van der Waals surface area (Å²) in [4.78, 5) is 0. The predicted molar refractivity (Wildman–Crippen MR) is 0 cm³/mol. The van der Waals surface area contributed by atoms with E-state index in [1.807, 2.05) is 0 Å². The first-order chi connectivity index (χ1) is 0. The summed E-state index contributed by atoms with van der Waals surface area (Å²) in [7, 11) is 0. The van der Waals surface area contributed by atoms with E-state index < -0.39 is 0 Å². The second-order valence-electron chi connectivity index (χ2n) is 0. The third kappa shape index (κ3) is 32.0. The van der Waals surface area contributed by atoms with E-state index in [1.165, 1.54) is 0 Å². The largest absolute Gasteiger partial charge is 0 e. The van der Waals surface area contributed by atoms with Gasteiger partial charge in [-0.3, -0.25) is 0 Å². The second-order valence-corrected chi connectivity index (χ2v) is 0. The van der Waals surface area contributed by atoms with E-state index in [2.05, 4.69) is 0 Å². The number of rotatable bonds is 0. The van der Waals surface area contributed by atoms with Gasteiger partial charge >= 0.3 is 0 Å². The van der Waals surface area contributed by atoms with E-state index in [0.29, 0.717) is 0 Å². The van der Waals surface area contributed by atoms with Gasteiger partial charge in [-0.25, -0.2) is 0 Å². The SMILES string of the molecule is [Cd].[Cd].[Cd].[Cd].[Cd].[Cd].[Eu]. The summed E-state index contributed by atoms with van der Waals surface area (Å²) in [5.41, 5.74) is 0. The van der Waals surface area contributed by atoms with Crippen LogP contribution in [-0.2, 0) is 164 Å². The molecule has 0 saturated carbocycles. The van der Waals surface area contributed by atoms with Crippen molar-refractivity contribution >= 4 is 0 Å². The van der Waals surface area contributed by atoms with Crippen molar-refractivity contribution in [3.63, 3.8) is 0 Å². The van der Waals surface area contributed by atoms with Gasteiger partial charge in [-0.1, -0.05) is 0 Å². The van der Waals surface area contributed by atoms with Crippen LogP contribution in [0.2, 0.25) is 0 Å². The van der Waals surface area contributed by atoms with Gasteiger partial charge in [0.05, 0.1) is 0 Å². The maximum atomic E-state index is 0. The maximum Gasteiger partial charge on any atom is 0 e. The molecule has 7 heteroatoms. The minimum Gasteiger partial charge on any atom is 0 e. The number of hydrogen-bond donors (Lipinski definition) is 0. The zero-order chi connectivity index (χ0) is 0. The van der Waals surface area contributed by atoms with Gasteiger partial charge in [0.25, 0.3) is 0 Å². The molecule has 0 bridgehead atoms. The Morgan fingerprint density at radius 3 is 0.286 bits per heavy atom. The molecule has 0 N–H and O–H groups in total. The zero-order valence-electron chi connectivity index (χ0n) is 4.62. The molecule has 0 fully saturated rings. The molecule has 0 aliphatic heterocycles. The normalized spacial score (nSPS) is 0. The Morgan fingerprint density at radius 2 is 0.286 bits per heavy atom. The Bertz CT molecular complexity index is 4.14. The number of hydrogen-bond acceptors (Lipinski definition) is 0. The minimum atomic E-state index is 0. The topological polar surface area (TPSA) is 0 Å². The quantitative estimate of drug-likeness (QED) is 0.302. The molecule has 0 heterocycles. The van der Waals surface area contributed by atoms with Gasteiger partial charge in [-0.15, -0.1) is 0 Å². The Labute approximate surface area is 206 Å². The van der Waals surface area contributed by atoms with Gasteiger partial charge < -0.3 is 0 Å². The molecule has 0 rings (SSSR count). The summed E-state index contributed by atoms with van der Waals surface area (Å²) in [6.07, 6.45) is 0. The van der Waals surface area contributed by atoms with Crippen LogP contribution in [-0.4, -0.2) is 0 Å². The minimum absolute atomic E-state index is 0. The Hall–Kier alpha value is 7.12. The van der Waals surface area contributed by atoms with Crippen molar-refractivity contribution in [2.75, 3.05) is 0 Å². The predicted octanol–water partition coefficient (Wildman–Crippen LogP) is -0.0150. The summed E-state index contributed by atoms with van der Waals surface area (Å²) < 4.78 is 0. The van der Waals surface area contributed by atoms with E-state index >= 15 is 0 Å². The van der Waals surface area contributed by atoms with Crippen LogP contribution < -0.4 is 0 Å². The van der Waals surface area contributed by atoms with Crippen molar-refractivity contribution in [1.29, 1.82) is 0 Å². The molecule has 0 aromatic rings. The first-order valence-corrected chi connectivity index (χ1v) is 0. The molecule has 0 amide bonds. The molecule has 0 unspecified atom stereocenters. The Balaban J connectivity index is 0. The summed E-state index contributed by atoms with van der Waals surface area (Å²) in [5, 5.41) is 0. The van der Waals surface area contributed by atoms with Crippen molar-refractivity contribution in [3.05, 3.63) is 0 Å². The summed E-state index contributed by atoms with van der Waals surface area (Å²) in [5.74, 6) is 0. The zero-order valence-corrected chi connectivity index (χ0v) is 31.3. The fraction of sp³-hybridized carbons (Fsp3) is 0. The first kappa shape index (κ1) is 48.0. The van der Waals surface area contributed by atoms with Crippen LogP contribution >= 0.6 is 0 Å². The molecule has 0 atom stereocenters. The van der Waals surface area contributed by atoms with Gasteiger partial charge in [0.1, 0.15) is 0 Å². The van der Waals surface area contributed by atoms with Crippen molar-refractivity contribution in [2.45, 2.75) is 0 Å². The Kier molecular flexibility index (Phi) is 260. The van der Waals surface area contributed by atoms with E-state index in [0.717, 1.165) is 0 Å². The maximum absolute atomic E-state index is 0. The van der Waals surface area contributed by atoms with Crippen LogP contribution in [0.5, 0.6) is 0 Å². The molecule has 0 aliphatic rings. The summed E-state index contributed by atoms with van der Waals surface area (Å²) in [6, 6.07) is 0. The fourth-order valence-corrected chi connectivity index (χ4v) is 0. The average Bonchev–Trinajstić information content (AvgIpc) is 0. The third-order valence-electron chi connectivity index (χ3n) is 0. The molecule has 0 aliphatic carbocycles. The van der Waals surface area contributed by atoms with Gasteiger partial charge in [-0.2, -0.15) is 0 Å². The van der Waals surface area contributed by atoms with Crippen molar-refractivity contribution in [2.24, 2.45) is 0 Å². The van der Waals surface area contributed by atoms with Crippen LogP contribution in [0.15, 0.2) is 0 Å². The Morgan fingerprint density at radius 1 is 0.286 bits per heavy atom. The molecule has 0 saturated heterocycles. The van der Waals surface area contributed by atoms with Crippen LogP contribution in [0.1, 0.15) is 0 Å². The third-order valence-corrected chi connectivity index (χ3v) is 0. The molecular formula is Cd6Eu. The van der Waals surface area contributed by atoms with Crippen LogP contribution in [0.25, 0.3) is 0 Å². The standard InChI is InChI=1S/6Cd.Eu. The van der Waals surface area contributed by atoms with Crippen LogP contribution in [0, 0.1) is 49.4 Å². The summed E-state index contributed by atoms with van der Waals surface area (Å²) in [6.45, 7) is 0. The van der Waals surface area contributed by atoms with Gasteiger partial charge in [-0.05, 0) is 0 Å². The monoisotopic (exact) mass is 836 g/mol. The average molecular weight is 826 g/mol. The smallest absolute Gasteiger partial charge is 0 e. The molecule has 19 valence electrons. The molecule has 0 aromatic carbocycles. The molecule has 7 heavy (non-hydrogen) atoms. The van der Waals surface area contributed by atoms with Gasteiger partial charge in [0.15, 0.2) is 0 Å². The van der Waals surface area contributed by atoms with Gasteiger partial charge in [0, 0.05) is 213 Å². The molecular weight excluding hydrogens is 826 g/mol. The van der Waals surface area contributed by atoms with E-state index in [9.17, 15) is 0 Å². The summed E-state index contributed by atoms with van der Waals surface area (Å²) >= 11 is 0. The molecule has 0 nitrogen and oxygen atoms in total. The molecule has 1 radical (unpaired) electrons. The molecule has 0 aromatic heterocycles. The van der Waals surface area contributed by atoms with E-state index in [-0.39, 0.29) is 213 Å². The van der Waals surface area contributed by atoms with E-state index in [1.54, 1.807) is 0 Å². The molecule has 0 spiro atoms. The van der Waals surface area contributed by atoms with Crippen LogP contribution in [0.3, 0.4) is 0 Å². The van der Waals surface area contributed by atoms with Crippen molar-refractivity contribution in [1.82, 2.24) is 0 Å². The van der Waals surface area contributed by atoms with Crippen LogP contribution in [0.4, 0.5) is 0 Å².